The summed E-state index contributed by atoms with van der Waals surface area (Å²) in [6.07, 6.45) is 7.80. The van der Waals surface area contributed by atoms with Crippen LogP contribution in [-0.2, 0) is 4.79 Å². The molecule has 2 N–H and O–H groups in total. The second kappa shape index (κ2) is 6.78. The third-order valence-corrected chi connectivity index (χ3v) is 5.35. The quantitative estimate of drug-likeness (QED) is 0.883. The Balaban J connectivity index is 1.59. The highest BCUT2D eigenvalue weighted by atomic mass is 19.1. The molecule has 120 valence electrons. The van der Waals surface area contributed by atoms with Crippen LogP contribution in [0.1, 0.15) is 44.1 Å². The Morgan fingerprint density at radius 1 is 1.27 bits per heavy atom. The number of piperidine rings is 1. The number of rotatable bonds is 3. The number of amides is 1. The van der Waals surface area contributed by atoms with E-state index in [4.69, 9.17) is 0 Å². The number of carbonyl (C=O) groups is 1. The molecule has 1 aromatic rings. The number of quaternary nitrogens is 1. The van der Waals surface area contributed by atoms with Gasteiger partial charge in [-0.2, -0.15) is 0 Å². The van der Waals surface area contributed by atoms with Crippen molar-refractivity contribution in [2.45, 2.75) is 51.5 Å². The van der Waals surface area contributed by atoms with Gasteiger partial charge in [0.1, 0.15) is 5.82 Å². The zero-order valence-corrected chi connectivity index (χ0v) is 13.3. The summed E-state index contributed by atoms with van der Waals surface area (Å²) in [7, 11) is 0. The highest BCUT2D eigenvalue weighted by molar-refractivity contribution is 5.91. The SMILES string of the molecule is Cc1ccc(NC(=O)C[NH+]2CCC[C@@H]3CCCC[C@@H]32)cc1F. The van der Waals surface area contributed by atoms with Gasteiger partial charge in [-0.05, 0) is 56.7 Å². The Hall–Kier alpha value is -1.42. The number of fused-ring (bicyclic) bond motifs is 1. The third kappa shape index (κ3) is 3.49. The topological polar surface area (TPSA) is 33.5 Å². The molecule has 22 heavy (non-hydrogen) atoms. The number of hydrogen-bond donors (Lipinski definition) is 2. The zero-order valence-electron chi connectivity index (χ0n) is 13.3. The van der Waals surface area contributed by atoms with E-state index in [0.717, 1.165) is 12.5 Å². The lowest BCUT2D eigenvalue weighted by molar-refractivity contribution is -0.928. The lowest BCUT2D eigenvalue weighted by atomic mass is 9.78. The molecule has 1 unspecified atom stereocenters. The van der Waals surface area contributed by atoms with Crippen LogP contribution >= 0.6 is 0 Å². The van der Waals surface area contributed by atoms with Crippen molar-refractivity contribution in [3.63, 3.8) is 0 Å². The number of benzene rings is 1. The molecule has 2 aliphatic rings. The molecule has 0 spiro atoms. The summed E-state index contributed by atoms with van der Waals surface area (Å²) in [5.74, 6) is 0.544. The van der Waals surface area contributed by atoms with Crippen LogP contribution in [0, 0.1) is 18.7 Å². The predicted molar refractivity (Wildman–Crippen MR) is 85.4 cm³/mol. The second-order valence-electron chi connectivity index (χ2n) is 6.89. The van der Waals surface area contributed by atoms with Crippen LogP contribution in [0.25, 0.3) is 0 Å². The molecule has 1 aliphatic carbocycles. The van der Waals surface area contributed by atoms with Gasteiger partial charge in [0.15, 0.2) is 6.54 Å². The van der Waals surface area contributed by atoms with Crippen molar-refractivity contribution in [3.8, 4) is 0 Å². The summed E-state index contributed by atoms with van der Waals surface area (Å²) in [5, 5.41) is 2.85. The largest absolute Gasteiger partial charge is 0.324 e. The van der Waals surface area contributed by atoms with Gasteiger partial charge in [-0.1, -0.05) is 12.5 Å². The minimum Gasteiger partial charge on any atom is -0.324 e. The van der Waals surface area contributed by atoms with Crippen molar-refractivity contribution in [1.82, 2.24) is 0 Å². The maximum Gasteiger partial charge on any atom is 0.279 e. The van der Waals surface area contributed by atoms with Gasteiger partial charge >= 0.3 is 0 Å². The van der Waals surface area contributed by atoms with Crippen LogP contribution in [0.5, 0.6) is 0 Å². The molecule has 3 atom stereocenters. The predicted octanol–water partition coefficient (Wildman–Crippen LogP) is 2.31. The van der Waals surface area contributed by atoms with Crippen molar-refractivity contribution in [2.24, 2.45) is 5.92 Å². The van der Waals surface area contributed by atoms with Crippen LogP contribution < -0.4 is 10.2 Å². The fourth-order valence-electron chi connectivity index (χ4n) is 4.17. The van der Waals surface area contributed by atoms with Crippen LogP contribution in [0.15, 0.2) is 18.2 Å². The van der Waals surface area contributed by atoms with Gasteiger partial charge in [0, 0.05) is 11.6 Å². The van der Waals surface area contributed by atoms with E-state index in [0.29, 0.717) is 23.8 Å². The molecule has 4 heteroatoms. The number of likely N-dealkylation sites (tertiary alicyclic amines) is 1. The lowest BCUT2D eigenvalue weighted by Crippen LogP contribution is -3.18. The van der Waals surface area contributed by atoms with Crippen molar-refractivity contribution in [2.75, 3.05) is 18.4 Å². The molecule has 1 heterocycles. The van der Waals surface area contributed by atoms with Crippen LogP contribution in [0.4, 0.5) is 10.1 Å². The average Bonchev–Trinajstić information content (AvgIpc) is 2.51. The maximum atomic E-state index is 13.6. The van der Waals surface area contributed by atoms with Crippen molar-refractivity contribution >= 4 is 11.6 Å². The van der Waals surface area contributed by atoms with Crippen LogP contribution in [0.2, 0.25) is 0 Å². The summed E-state index contributed by atoms with van der Waals surface area (Å²) in [6, 6.07) is 5.53. The van der Waals surface area contributed by atoms with E-state index in [-0.39, 0.29) is 11.7 Å². The number of hydrogen-bond acceptors (Lipinski definition) is 1. The number of carbonyl (C=O) groups excluding carboxylic acids is 1. The molecule has 1 saturated heterocycles. The Morgan fingerprint density at radius 2 is 2.05 bits per heavy atom. The van der Waals surface area contributed by atoms with E-state index in [1.807, 2.05) is 0 Å². The summed E-state index contributed by atoms with van der Waals surface area (Å²) in [6.45, 7) is 3.33. The van der Waals surface area contributed by atoms with Crippen molar-refractivity contribution in [3.05, 3.63) is 29.6 Å². The highest BCUT2D eigenvalue weighted by Crippen LogP contribution is 2.28. The molecule has 1 aromatic carbocycles. The Labute approximate surface area is 131 Å². The van der Waals surface area contributed by atoms with Gasteiger partial charge in [0.2, 0.25) is 0 Å². The van der Waals surface area contributed by atoms with Gasteiger partial charge in [0.05, 0.1) is 12.6 Å². The lowest BCUT2D eigenvalue weighted by Gasteiger charge is -2.40. The van der Waals surface area contributed by atoms with Gasteiger partial charge in [-0.3, -0.25) is 4.79 Å². The number of aryl methyl sites for hydroxylation is 1. The smallest absolute Gasteiger partial charge is 0.279 e. The van der Waals surface area contributed by atoms with E-state index in [1.165, 1.54) is 49.5 Å². The molecule has 3 rings (SSSR count). The molecule has 1 saturated carbocycles. The molecule has 0 aromatic heterocycles. The van der Waals surface area contributed by atoms with Crippen molar-refractivity contribution < 1.29 is 14.1 Å². The Morgan fingerprint density at radius 3 is 2.86 bits per heavy atom. The number of nitrogens with one attached hydrogen (secondary N) is 2. The monoisotopic (exact) mass is 305 g/mol. The highest BCUT2D eigenvalue weighted by Gasteiger charge is 2.37. The number of halogens is 1. The first-order chi connectivity index (χ1) is 10.6. The van der Waals surface area contributed by atoms with Crippen molar-refractivity contribution in [1.29, 1.82) is 0 Å². The van der Waals surface area contributed by atoms with Gasteiger partial charge < -0.3 is 10.2 Å². The van der Waals surface area contributed by atoms with Crippen LogP contribution in [-0.4, -0.2) is 25.0 Å². The van der Waals surface area contributed by atoms with Gasteiger partial charge in [-0.25, -0.2) is 4.39 Å². The normalized spacial score (nSPS) is 28.0. The molecule has 3 nitrogen and oxygen atoms in total. The van der Waals surface area contributed by atoms with Crippen LogP contribution in [0.3, 0.4) is 0 Å². The molecule has 1 aliphatic heterocycles. The third-order valence-electron chi connectivity index (χ3n) is 5.35. The van der Waals surface area contributed by atoms with E-state index < -0.39 is 0 Å². The summed E-state index contributed by atoms with van der Waals surface area (Å²) in [5.41, 5.74) is 1.16. The minimum absolute atomic E-state index is 0.00414. The Bertz CT molecular complexity index is 544. The second-order valence-corrected chi connectivity index (χ2v) is 6.89. The Kier molecular flexibility index (Phi) is 4.77. The van der Waals surface area contributed by atoms with E-state index >= 15 is 0 Å². The molecule has 2 fully saturated rings. The number of anilines is 1. The molecule has 0 bridgehead atoms. The van der Waals surface area contributed by atoms with E-state index in [9.17, 15) is 9.18 Å². The summed E-state index contributed by atoms with van der Waals surface area (Å²) in [4.78, 5) is 13.7. The van der Waals surface area contributed by atoms with Gasteiger partial charge in [0.25, 0.3) is 5.91 Å². The van der Waals surface area contributed by atoms with Gasteiger partial charge in [-0.15, -0.1) is 0 Å². The molecule has 0 radical (unpaired) electrons. The first-order valence-electron chi connectivity index (χ1n) is 8.54. The van der Waals surface area contributed by atoms with E-state index in [1.54, 1.807) is 19.1 Å². The fraction of sp³-hybridized carbons (Fsp3) is 0.611. The fourth-order valence-corrected chi connectivity index (χ4v) is 4.17. The molecular weight excluding hydrogens is 279 g/mol. The first kappa shape index (κ1) is 15.5. The standard InChI is InChI=1S/C18H25FN2O/c1-13-8-9-15(11-16(13)19)20-18(22)12-21-10-4-6-14-5-2-3-7-17(14)21/h8-9,11,14,17H,2-7,10,12H2,1H3,(H,20,22)/p+1/t14-,17-/m0/s1. The summed E-state index contributed by atoms with van der Waals surface area (Å²) < 4.78 is 13.6. The average molecular weight is 305 g/mol. The molecular formula is C18H26FN2O+. The first-order valence-corrected chi connectivity index (χ1v) is 8.54. The zero-order chi connectivity index (χ0) is 15.5. The maximum absolute atomic E-state index is 13.6. The molecule has 1 amide bonds. The minimum atomic E-state index is -0.268. The van der Waals surface area contributed by atoms with E-state index in [2.05, 4.69) is 5.32 Å². The summed E-state index contributed by atoms with van der Waals surface area (Å²) >= 11 is 0.